The second-order valence-corrected chi connectivity index (χ2v) is 7.36. The molecule has 0 unspecified atom stereocenters. The average Bonchev–Trinajstić information content (AvgIpc) is 3.19. The van der Waals surface area contributed by atoms with Gasteiger partial charge in [0, 0.05) is 11.3 Å². The van der Waals surface area contributed by atoms with Gasteiger partial charge in [-0.2, -0.15) is 9.61 Å². The molecule has 0 aliphatic carbocycles. The molecule has 2 heterocycles. The summed E-state index contributed by atoms with van der Waals surface area (Å²) in [5.41, 5.74) is 3.52. The van der Waals surface area contributed by atoms with Crippen LogP contribution in [0.4, 0.5) is 5.69 Å². The third kappa shape index (κ3) is 3.54. The van der Waals surface area contributed by atoms with Crippen molar-refractivity contribution in [3.8, 4) is 17.0 Å². The van der Waals surface area contributed by atoms with E-state index in [4.69, 9.17) is 4.74 Å². The molecule has 0 fully saturated rings. The van der Waals surface area contributed by atoms with Crippen LogP contribution in [0.5, 0.6) is 5.75 Å². The molecule has 0 spiro atoms. The summed E-state index contributed by atoms with van der Waals surface area (Å²) in [6.07, 6.45) is 0. The van der Waals surface area contributed by atoms with Crippen LogP contribution >= 0.6 is 0 Å². The van der Waals surface area contributed by atoms with E-state index in [1.807, 2.05) is 86.6 Å². The first-order valence-electron chi connectivity index (χ1n) is 10.4. The number of fused-ring (bicyclic) bond motifs is 2. The Labute approximate surface area is 184 Å². The molecular formula is C25H21N5O2. The van der Waals surface area contributed by atoms with Crippen LogP contribution in [0.15, 0.2) is 72.8 Å². The molecule has 2 aromatic heterocycles. The van der Waals surface area contributed by atoms with Gasteiger partial charge in [-0.15, -0.1) is 10.2 Å². The van der Waals surface area contributed by atoms with Crippen LogP contribution in [0.2, 0.25) is 0 Å². The summed E-state index contributed by atoms with van der Waals surface area (Å²) in [6, 6.07) is 23.0. The van der Waals surface area contributed by atoms with Crippen molar-refractivity contribution in [3.05, 3.63) is 84.2 Å². The fourth-order valence-electron chi connectivity index (χ4n) is 3.76. The number of anilines is 1. The number of carbonyl (C=O) groups is 1. The van der Waals surface area contributed by atoms with Gasteiger partial charge in [-0.25, -0.2) is 0 Å². The zero-order valence-corrected chi connectivity index (χ0v) is 17.7. The topological polar surface area (TPSA) is 81.4 Å². The predicted octanol–water partition coefficient (Wildman–Crippen LogP) is 4.90. The van der Waals surface area contributed by atoms with Gasteiger partial charge >= 0.3 is 0 Å². The van der Waals surface area contributed by atoms with Crippen molar-refractivity contribution in [2.24, 2.45) is 0 Å². The molecule has 32 heavy (non-hydrogen) atoms. The van der Waals surface area contributed by atoms with Crippen molar-refractivity contribution in [2.45, 2.75) is 13.8 Å². The summed E-state index contributed by atoms with van der Waals surface area (Å²) in [6.45, 7) is 4.24. The number of rotatable bonds is 5. The third-order valence-corrected chi connectivity index (χ3v) is 5.25. The van der Waals surface area contributed by atoms with E-state index in [1.165, 1.54) is 0 Å². The number of hydrogen-bond acceptors (Lipinski definition) is 5. The standard InChI is InChI=1S/C25H21N5O2/c1-3-32-22-13-11-17-7-4-5-10-20(17)24(22)25(31)26-19-9-6-8-18(15-19)21-12-14-23-28-27-16(2)30(23)29-21/h4-15H,3H2,1-2H3,(H,26,31). The van der Waals surface area contributed by atoms with Gasteiger partial charge in [0.25, 0.3) is 5.91 Å². The molecule has 1 amide bonds. The van der Waals surface area contributed by atoms with Crippen molar-refractivity contribution in [2.75, 3.05) is 11.9 Å². The maximum Gasteiger partial charge on any atom is 0.260 e. The Morgan fingerprint density at radius 3 is 2.75 bits per heavy atom. The second kappa shape index (κ2) is 8.11. The van der Waals surface area contributed by atoms with E-state index in [0.717, 1.165) is 22.0 Å². The predicted molar refractivity (Wildman–Crippen MR) is 124 cm³/mol. The molecule has 158 valence electrons. The molecule has 3 aromatic carbocycles. The van der Waals surface area contributed by atoms with Gasteiger partial charge in [0.2, 0.25) is 0 Å². The number of nitrogens with zero attached hydrogens (tertiary/aromatic N) is 4. The van der Waals surface area contributed by atoms with Gasteiger partial charge in [0.05, 0.1) is 17.9 Å². The van der Waals surface area contributed by atoms with Crippen LogP contribution in [0.3, 0.4) is 0 Å². The molecule has 0 saturated carbocycles. The smallest absolute Gasteiger partial charge is 0.260 e. The molecular weight excluding hydrogens is 402 g/mol. The zero-order valence-electron chi connectivity index (χ0n) is 17.7. The Morgan fingerprint density at radius 1 is 1.00 bits per heavy atom. The van der Waals surface area contributed by atoms with E-state index < -0.39 is 0 Å². The minimum atomic E-state index is -0.222. The summed E-state index contributed by atoms with van der Waals surface area (Å²) in [4.78, 5) is 13.3. The largest absolute Gasteiger partial charge is 0.493 e. The van der Waals surface area contributed by atoms with Crippen LogP contribution in [-0.4, -0.2) is 32.3 Å². The Balaban J connectivity index is 1.50. The molecule has 1 N–H and O–H groups in total. The fourth-order valence-corrected chi connectivity index (χ4v) is 3.76. The van der Waals surface area contributed by atoms with Crippen molar-refractivity contribution in [1.29, 1.82) is 0 Å². The van der Waals surface area contributed by atoms with E-state index in [2.05, 4.69) is 20.6 Å². The van der Waals surface area contributed by atoms with Gasteiger partial charge < -0.3 is 10.1 Å². The highest BCUT2D eigenvalue weighted by Gasteiger charge is 2.17. The summed E-state index contributed by atoms with van der Waals surface area (Å²) < 4.78 is 7.46. The number of carbonyl (C=O) groups excluding carboxylic acids is 1. The minimum Gasteiger partial charge on any atom is -0.493 e. The van der Waals surface area contributed by atoms with Crippen molar-refractivity contribution in [1.82, 2.24) is 19.8 Å². The van der Waals surface area contributed by atoms with E-state index in [0.29, 0.717) is 35.1 Å². The van der Waals surface area contributed by atoms with Crippen LogP contribution < -0.4 is 10.1 Å². The lowest BCUT2D eigenvalue weighted by Crippen LogP contribution is -2.14. The number of hydrogen-bond donors (Lipinski definition) is 1. The number of aromatic nitrogens is 4. The van der Waals surface area contributed by atoms with Crippen LogP contribution in [0, 0.1) is 6.92 Å². The quantitative estimate of drug-likeness (QED) is 0.435. The van der Waals surface area contributed by atoms with E-state index >= 15 is 0 Å². The van der Waals surface area contributed by atoms with Crippen molar-refractivity contribution < 1.29 is 9.53 Å². The van der Waals surface area contributed by atoms with E-state index in [9.17, 15) is 4.79 Å². The van der Waals surface area contributed by atoms with Crippen LogP contribution in [0.25, 0.3) is 27.7 Å². The number of aryl methyl sites for hydroxylation is 1. The van der Waals surface area contributed by atoms with E-state index in [1.54, 1.807) is 4.52 Å². The van der Waals surface area contributed by atoms with Gasteiger partial charge in [0.15, 0.2) is 11.5 Å². The first kappa shape index (κ1) is 19.7. The molecule has 5 aromatic rings. The molecule has 0 bridgehead atoms. The Morgan fingerprint density at radius 2 is 1.88 bits per heavy atom. The van der Waals surface area contributed by atoms with Gasteiger partial charge in [-0.3, -0.25) is 4.79 Å². The van der Waals surface area contributed by atoms with Crippen LogP contribution in [0.1, 0.15) is 23.1 Å². The monoisotopic (exact) mass is 423 g/mol. The highest BCUT2D eigenvalue weighted by molar-refractivity contribution is 6.15. The zero-order chi connectivity index (χ0) is 22.1. The summed E-state index contributed by atoms with van der Waals surface area (Å²) in [5.74, 6) is 1.06. The van der Waals surface area contributed by atoms with Gasteiger partial charge in [-0.1, -0.05) is 42.5 Å². The van der Waals surface area contributed by atoms with Gasteiger partial charge in [0.1, 0.15) is 5.75 Å². The number of nitrogens with one attached hydrogen (secondary N) is 1. The maximum absolute atomic E-state index is 13.3. The first-order chi connectivity index (χ1) is 15.6. The molecule has 0 radical (unpaired) electrons. The lowest BCUT2D eigenvalue weighted by molar-refractivity contribution is 0.102. The molecule has 7 heteroatoms. The highest BCUT2D eigenvalue weighted by Crippen LogP contribution is 2.30. The average molecular weight is 423 g/mol. The Hall–Kier alpha value is -4.26. The number of benzene rings is 3. The van der Waals surface area contributed by atoms with Crippen molar-refractivity contribution in [3.63, 3.8) is 0 Å². The first-order valence-corrected chi connectivity index (χ1v) is 10.4. The molecule has 5 rings (SSSR count). The fraction of sp³-hybridized carbons (Fsp3) is 0.120. The maximum atomic E-state index is 13.3. The second-order valence-electron chi connectivity index (χ2n) is 7.36. The van der Waals surface area contributed by atoms with Crippen LogP contribution in [-0.2, 0) is 0 Å². The lowest BCUT2D eigenvalue weighted by Gasteiger charge is -2.14. The number of ether oxygens (including phenoxy) is 1. The lowest BCUT2D eigenvalue weighted by atomic mass is 10.0. The molecule has 7 nitrogen and oxygen atoms in total. The van der Waals surface area contributed by atoms with Crippen molar-refractivity contribution >= 4 is 28.0 Å². The molecule has 0 atom stereocenters. The third-order valence-electron chi connectivity index (χ3n) is 5.25. The molecule has 0 aliphatic rings. The Bertz CT molecular complexity index is 1460. The number of amides is 1. The summed E-state index contributed by atoms with van der Waals surface area (Å²) >= 11 is 0. The summed E-state index contributed by atoms with van der Waals surface area (Å²) in [7, 11) is 0. The normalized spacial score (nSPS) is 11.1. The highest BCUT2D eigenvalue weighted by atomic mass is 16.5. The molecule has 0 saturated heterocycles. The Kier molecular flexibility index (Phi) is 4.99. The van der Waals surface area contributed by atoms with E-state index in [-0.39, 0.29) is 5.91 Å². The SMILES string of the molecule is CCOc1ccc2ccccc2c1C(=O)Nc1cccc(-c2ccc3nnc(C)n3n2)c1. The molecule has 0 aliphatic heterocycles. The van der Waals surface area contributed by atoms with Gasteiger partial charge in [-0.05, 0) is 55.0 Å². The minimum absolute atomic E-state index is 0.222. The summed E-state index contributed by atoms with van der Waals surface area (Å²) in [5, 5.41) is 17.6.